The van der Waals surface area contributed by atoms with E-state index in [4.69, 9.17) is 19.0 Å². The van der Waals surface area contributed by atoms with E-state index in [0.29, 0.717) is 23.5 Å². The molecule has 0 aliphatic carbocycles. The van der Waals surface area contributed by atoms with Crippen molar-refractivity contribution in [3.63, 3.8) is 0 Å². The second-order valence-electron chi connectivity index (χ2n) is 8.49. The molecule has 33 heavy (non-hydrogen) atoms. The lowest BCUT2D eigenvalue weighted by Crippen LogP contribution is -2.44. The molecule has 176 valence electrons. The lowest BCUT2D eigenvalue weighted by atomic mass is 9.91. The molecule has 0 bridgehead atoms. The number of hydroxylamine groups is 2. The van der Waals surface area contributed by atoms with Crippen LogP contribution in [0.3, 0.4) is 0 Å². The largest absolute Gasteiger partial charge is 0.497 e. The van der Waals surface area contributed by atoms with Crippen LogP contribution < -0.4 is 4.74 Å². The predicted molar refractivity (Wildman–Crippen MR) is 124 cm³/mol. The molecule has 7 heteroatoms. The lowest BCUT2D eigenvalue weighted by molar-refractivity contribution is -0.242. The Morgan fingerprint density at radius 1 is 1.03 bits per heavy atom. The van der Waals surface area contributed by atoms with Crippen molar-refractivity contribution in [1.29, 1.82) is 0 Å². The highest BCUT2D eigenvalue weighted by atomic mass is 16.8. The minimum atomic E-state index is -1.05. The van der Waals surface area contributed by atoms with Gasteiger partial charge in [0.1, 0.15) is 17.0 Å². The lowest BCUT2D eigenvalue weighted by Gasteiger charge is -2.31. The van der Waals surface area contributed by atoms with Crippen LogP contribution in [-0.2, 0) is 19.1 Å². The number of benzene rings is 2. The van der Waals surface area contributed by atoms with Gasteiger partial charge in [0.05, 0.1) is 18.2 Å². The van der Waals surface area contributed by atoms with Gasteiger partial charge in [-0.05, 0) is 82.5 Å². The summed E-state index contributed by atoms with van der Waals surface area (Å²) >= 11 is 0. The summed E-state index contributed by atoms with van der Waals surface area (Å²) in [5.74, 6) is -0.0866. The van der Waals surface area contributed by atoms with Gasteiger partial charge in [-0.3, -0.25) is 4.79 Å². The van der Waals surface area contributed by atoms with E-state index in [1.165, 1.54) is 5.06 Å². The quantitative estimate of drug-likeness (QED) is 0.327. The molecule has 2 aromatic rings. The number of hydrogen-bond donors (Lipinski definition) is 0. The first-order chi connectivity index (χ1) is 15.6. The molecule has 0 atom stereocenters. The average molecular weight is 454 g/mol. The van der Waals surface area contributed by atoms with Crippen molar-refractivity contribution >= 4 is 17.4 Å². The van der Waals surface area contributed by atoms with E-state index in [1.807, 2.05) is 39.8 Å². The zero-order chi connectivity index (χ0) is 24.3. The third kappa shape index (κ3) is 4.79. The average Bonchev–Trinajstić information content (AvgIpc) is 2.94. The molecule has 7 nitrogen and oxygen atoms in total. The van der Waals surface area contributed by atoms with E-state index < -0.39 is 11.5 Å². The molecular formula is C26H31NO6. The summed E-state index contributed by atoms with van der Waals surface area (Å²) in [6, 6.07) is 10.6. The number of nitrogens with zero attached hydrogens (tertiary/aromatic N) is 1. The van der Waals surface area contributed by atoms with Crippen LogP contribution in [0.1, 0.15) is 53.4 Å². The topological polar surface area (TPSA) is 74.3 Å². The van der Waals surface area contributed by atoms with E-state index >= 15 is 0 Å². The van der Waals surface area contributed by atoms with Gasteiger partial charge < -0.3 is 14.2 Å². The van der Waals surface area contributed by atoms with Gasteiger partial charge in [0, 0.05) is 6.61 Å². The van der Waals surface area contributed by atoms with Crippen LogP contribution in [0, 0.1) is 20.8 Å². The summed E-state index contributed by atoms with van der Waals surface area (Å²) in [6.45, 7) is 11.6. The van der Waals surface area contributed by atoms with E-state index in [9.17, 15) is 9.59 Å². The molecule has 1 heterocycles. The minimum absolute atomic E-state index is 0.0927. The normalized spacial score (nSPS) is 15.2. The molecule has 0 fully saturated rings. The maximum absolute atomic E-state index is 13.6. The van der Waals surface area contributed by atoms with E-state index in [-0.39, 0.29) is 18.5 Å². The van der Waals surface area contributed by atoms with Crippen molar-refractivity contribution in [2.24, 2.45) is 0 Å². The van der Waals surface area contributed by atoms with Gasteiger partial charge in [-0.15, -0.1) is 0 Å². The highest BCUT2D eigenvalue weighted by molar-refractivity contribution is 6.23. The fraction of sp³-hybridized carbons (Fsp3) is 0.385. The van der Waals surface area contributed by atoms with Crippen LogP contribution in [0.15, 0.2) is 42.2 Å². The van der Waals surface area contributed by atoms with Gasteiger partial charge >= 0.3 is 5.97 Å². The van der Waals surface area contributed by atoms with E-state index in [2.05, 4.69) is 0 Å². The van der Waals surface area contributed by atoms with E-state index in [0.717, 1.165) is 22.3 Å². The zero-order valence-corrected chi connectivity index (χ0v) is 20.3. The van der Waals surface area contributed by atoms with Crippen LogP contribution in [0.2, 0.25) is 0 Å². The van der Waals surface area contributed by atoms with Crippen molar-refractivity contribution in [3.8, 4) is 5.75 Å². The van der Waals surface area contributed by atoms with Crippen LogP contribution in [0.4, 0.5) is 0 Å². The SMILES string of the molecule is CCOCON1C(=O)C(c2c(C)cc(C)cc2C)=C(OC(=O)c2ccc(OC)cc2)C1(C)C. The fourth-order valence-corrected chi connectivity index (χ4v) is 4.09. The van der Waals surface area contributed by atoms with Crippen molar-refractivity contribution in [2.45, 2.75) is 47.1 Å². The highest BCUT2D eigenvalue weighted by Gasteiger charge is 2.50. The number of ether oxygens (including phenoxy) is 3. The Morgan fingerprint density at radius 2 is 1.64 bits per heavy atom. The first-order valence-electron chi connectivity index (χ1n) is 10.9. The standard InChI is InChI=1S/C26H31NO6/c1-8-31-15-32-27-24(28)22(21-17(3)13-16(2)14-18(21)4)23(26(27,5)6)33-25(29)19-9-11-20(30-7)12-10-19/h9-14H,8,15H2,1-7H3. The predicted octanol–water partition coefficient (Wildman–Crippen LogP) is 4.73. The van der Waals surface area contributed by atoms with E-state index in [1.54, 1.807) is 45.2 Å². The number of carbonyl (C=O) groups excluding carboxylic acids is 2. The number of rotatable bonds is 8. The Morgan fingerprint density at radius 3 is 2.18 bits per heavy atom. The van der Waals surface area contributed by atoms with Crippen LogP contribution in [0.25, 0.3) is 5.57 Å². The van der Waals surface area contributed by atoms with Crippen molar-refractivity contribution < 1.29 is 28.6 Å². The third-order valence-electron chi connectivity index (χ3n) is 5.61. The second-order valence-corrected chi connectivity index (χ2v) is 8.49. The molecule has 0 saturated carbocycles. The van der Waals surface area contributed by atoms with Crippen LogP contribution in [0.5, 0.6) is 5.75 Å². The first-order valence-corrected chi connectivity index (χ1v) is 10.9. The second kappa shape index (κ2) is 9.77. The summed E-state index contributed by atoms with van der Waals surface area (Å²) in [7, 11) is 1.56. The monoisotopic (exact) mass is 453 g/mol. The molecule has 0 N–H and O–H groups in total. The summed E-state index contributed by atoms with van der Waals surface area (Å²) in [4.78, 5) is 32.4. The minimum Gasteiger partial charge on any atom is -0.497 e. The molecule has 0 radical (unpaired) electrons. The molecule has 2 aromatic carbocycles. The summed E-state index contributed by atoms with van der Waals surface area (Å²) in [6.07, 6.45) is 0. The Bertz CT molecular complexity index is 1060. The number of hydrogen-bond acceptors (Lipinski definition) is 6. The smallest absolute Gasteiger partial charge is 0.343 e. The first kappa shape index (κ1) is 24.5. The highest BCUT2D eigenvalue weighted by Crippen LogP contribution is 2.43. The van der Waals surface area contributed by atoms with Crippen LogP contribution in [-0.4, -0.2) is 43.0 Å². The van der Waals surface area contributed by atoms with Crippen molar-refractivity contribution in [1.82, 2.24) is 5.06 Å². The van der Waals surface area contributed by atoms with Gasteiger partial charge in [0.15, 0.2) is 6.79 Å². The Hall–Kier alpha value is -3.16. The van der Waals surface area contributed by atoms with Gasteiger partial charge in [-0.1, -0.05) is 17.7 Å². The number of aryl methyl sites for hydroxylation is 3. The molecule has 0 unspecified atom stereocenters. The fourth-order valence-electron chi connectivity index (χ4n) is 4.09. The van der Waals surface area contributed by atoms with Gasteiger partial charge in [-0.25, -0.2) is 14.7 Å². The van der Waals surface area contributed by atoms with Gasteiger partial charge in [-0.2, -0.15) is 0 Å². The number of amides is 1. The maximum Gasteiger partial charge on any atom is 0.343 e. The molecule has 0 spiro atoms. The zero-order valence-electron chi connectivity index (χ0n) is 20.3. The van der Waals surface area contributed by atoms with Gasteiger partial charge in [0.2, 0.25) is 0 Å². The van der Waals surface area contributed by atoms with Crippen molar-refractivity contribution in [3.05, 3.63) is 70.0 Å². The summed E-state index contributed by atoms with van der Waals surface area (Å²) < 4.78 is 16.4. The molecule has 1 aliphatic heterocycles. The molecular weight excluding hydrogens is 422 g/mol. The molecule has 1 aliphatic rings. The van der Waals surface area contributed by atoms with Crippen LogP contribution >= 0.6 is 0 Å². The maximum atomic E-state index is 13.6. The summed E-state index contributed by atoms with van der Waals surface area (Å²) in [5.41, 5.74) is 3.26. The molecule has 0 aromatic heterocycles. The molecule has 0 saturated heterocycles. The Labute approximate surface area is 194 Å². The Balaban J connectivity index is 2.10. The van der Waals surface area contributed by atoms with Crippen molar-refractivity contribution in [2.75, 3.05) is 20.5 Å². The number of esters is 1. The van der Waals surface area contributed by atoms with Gasteiger partial charge in [0.25, 0.3) is 5.91 Å². The number of methoxy groups -OCH3 is 1. The summed E-state index contributed by atoms with van der Waals surface area (Å²) in [5, 5.41) is 1.23. The molecule has 1 amide bonds. The third-order valence-corrected chi connectivity index (χ3v) is 5.61. The number of carbonyl (C=O) groups is 2. The molecule has 3 rings (SSSR count). The Kier molecular flexibility index (Phi) is 7.25.